The van der Waals surface area contributed by atoms with Crippen molar-refractivity contribution in [1.82, 2.24) is 9.80 Å². The number of rotatable bonds is 0. The summed E-state index contributed by atoms with van der Waals surface area (Å²) in [4.78, 5) is 4.59. The number of nitrogens with zero attached hydrogens (tertiary/aromatic N) is 2. The molecule has 2 saturated heterocycles. The van der Waals surface area contributed by atoms with Crippen LogP contribution in [0.5, 0.6) is 0 Å². The maximum Gasteiger partial charge on any atom is 0.0678 e. The summed E-state index contributed by atoms with van der Waals surface area (Å²) in [7, 11) is 4.26. The molecule has 4 heteroatoms. The SMILES string of the molecule is CC.CC.CC.CC1CN(C)CC(C)O1.CC1CN(C)CCO1. The van der Waals surface area contributed by atoms with Gasteiger partial charge in [0.25, 0.3) is 0 Å². The number of hydrogen-bond donors (Lipinski definition) is 0. The van der Waals surface area contributed by atoms with Gasteiger partial charge in [0.2, 0.25) is 0 Å². The van der Waals surface area contributed by atoms with Gasteiger partial charge in [-0.15, -0.1) is 0 Å². The molecule has 2 fully saturated rings. The van der Waals surface area contributed by atoms with Gasteiger partial charge in [-0.2, -0.15) is 0 Å². The van der Waals surface area contributed by atoms with E-state index in [9.17, 15) is 0 Å². The minimum absolute atomic E-state index is 0.416. The lowest BCUT2D eigenvalue weighted by molar-refractivity contribution is -0.0602. The Hall–Kier alpha value is -0.160. The van der Waals surface area contributed by atoms with Crippen LogP contribution >= 0.6 is 0 Å². The van der Waals surface area contributed by atoms with Gasteiger partial charge in [-0.1, -0.05) is 41.5 Å². The van der Waals surface area contributed by atoms with Crippen molar-refractivity contribution in [2.45, 2.75) is 80.6 Å². The van der Waals surface area contributed by atoms with E-state index < -0.39 is 0 Å². The van der Waals surface area contributed by atoms with Crippen LogP contribution in [0.4, 0.5) is 0 Å². The highest BCUT2D eigenvalue weighted by Crippen LogP contribution is 2.07. The van der Waals surface area contributed by atoms with Crippen molar-refractivity contribution in [1.29, 1.82) is 0 Å². The molecule has 2 aliphatic heterocycles. The van der Waals surface area contributed by atoms with Gasteiger partial charge in [0, 0.05) is 26.2 Å². The van der Waals surface area contributed by atoms with Crippen LogP contribution in [-0.2, 0) is 9.47 Å². The van der Waals surface area contributed by atoms with Gasteiger partial charge >= 0.3 is 0 Å². The van der Waals surface area contributed by atoms with Gasteiger partial charge in [-0.3, -0.25) is 0 Å². The summed E-state index contributed by atoms with van der Waals surface area (Å²) in [6.45, 7) is 23.6. The zero-order chi connectivity index (χ0) is 18.8. The summed E-state index contributed by atoms with van der Waals surface area (Å²) < 4.78 is 10.8. The second-order valence-corrected chi connectivity index (χ2v) is 5.42. The van der Waals surface area contributed by atoms with Gasteiger partial charge in [-0.05, 0) is 34.9 Å². The van der Waals surface area contributed by atoms with Crippen molar-refractivity contribution in [3.05, 3.63) is 0 Å². The molecule has 0 aromatic carbocycles. The predicted molar refractivity (Wildman–Crippen MR) is 104 cm³/mol. The van der Waals surface area contributed by atoms with Crippen LogP contribution in [0.15, 0.2) is 0 Å². The minimum Gasteiger partial charge on any atom is -0.376 e. The molecule has 0 radical (unpaired) electrons. The average Bonchev–Trinajstić information content (AvgIpc) is 2.52. The molecule has 4 nitrogen and oxygen atoms in total. The fraction of sp³-hybridized carbons (Fsp3) is 1.00. The molecule has 0 aliphatic carbocycles. The zero-order valence-electron chi connectivity index (χ0n) is 18.0. The van der Waals surface area contributed by atoms with E-state index in [1.54, 1.807) is 0 Å². The Bertz CT molecular complexity index is 183. The fourth-order valence-electron chi connectivity index (χ4n) is 2.43. The number of ether oxygens (including phenoxy) is 2. The maximum absolute atomic E-state index is 5.51. The molecular weight excluding hydrogens is 288 g/mol. The molecule has 0 aromatic heterocycles. The third kappa shape index (κ3) is 18.0. The molecule has 2 heterocycles. The Balaban J connectivity index is -0.000000264. The lowest BCUT2D eigenvalue weighted by Crippen LogP contribution is -2.42. The summed E-state index contributed by atoms with van der Waals surface area (Å²) in [6.07, 6.45) is 1.27. The van der Waals surface area contributed by atoms with E-state index in [4.69, 9.17) is 9.47 Å². The van der Waals surface area contributed by atoms with Gasteiger partial charge in [0.1, 0.15) is 0 Å². The Kier molecular flexibility index (Phi) is 23.9. The van der Waals surface area contributed by atoms with Crippen molar-refractivity contribution in [3.8, 4) is 0 Å². The van der Waals surface area contributed by atoms with Crippen LogP contribution < -0.4 is 0 Å². The molecular formula is C19H46N2O2. The van der Waals surface area contributed by atoms with Gasteiger partial charge in [-0.25, -0.2) is 0 Å². The molecule has 2 rings (SSSR count). The first-order valence-corrected chi connectivity index (χ1v) is 9.61. The van der Waals surface area contributed by atoms with Gasteiger partial charge in [0.05, 0.1) is 24.9 Å². The van der Waals surface area contributed by atoms with Gasteiger partial charge in [0.15, 0.2) is 0 Å². The monoisotopic (exact) mass is 334 g/mol. The van der Waals surface area contributed by atoms with Crippen LogP contribution in [0.3, 0.4) is 0 Å². The van der Waals surface area contributed by atoms with E-state index in [1.165, 1.54) is 0 Å². The highest BCUT2D eigenvalue weighted by atomic mass is 16.5. The van der Waals surface area contributed by atoms with Crippen LogP contribution in [0.2, 0.25) is 0 Å². The first-order chi connectivity index (χ1) is 11.0. The first-order valence-electron chi connectivity index (χ1n) is 9.61. The molecule has 0 bridgehead atoms. The summed E-state index contributed by atoms with van der Waals surface area (Å²) in [6, 6.07) is 0. The Morgan fingerprint density at radius 3 is 1.30 bits per heavy atom. The third-order valence-corrected chi connectivity index (χ3v) is 3.05. The molecule has 0 N–H and O–H groups in total. The normalized spacial score (nSPS) is 27.5. The Morgan fingerprint density at radius 2 is 1.04 bits per heavy atom. The predicted octanol–water partition coefficient (Wildman–Crippen LogP) is 4.14. The summed E-state index contributed by atoms with van der Waals surface area (Å²) in [5.41, 5.74) is 0. The van der Waals surface area contributed by atoms with E-state index in [0.29, 0.717) is 18.3 Å². The molecule has 23 heavy (non-hydrogen) atoms. The second kappa shape index (κ2) is 19.9. The van der Waals surface area contributed by atoms with Crippen molar-refractivity contribution < 1.29 is 9.47 Å². The maximum atomic E-state index is 5.51. The van der Waals surface area contributed by atoms with Crippen LogP contribution in [0.1, 0.15) is 62.3 Å². The van der Waals surface area contributed by atoms with E-state index >= 15 is 0 Å². The zero-order valence-corrected chi connectivity index (χ0v) is 18.0. The molecule has 0 aromatic rings. The Morgan fingerprint density at radius 1 is 0.652 bits per heavy atom. The topological polar surface area (TPSA) is 24.9 Å². The highest BCUT2D eigenvalue weighted by Gasteiger charge is 2.18. The van der Waals surface area contributed by atoms with Crippen molar-refractivity contribution >= 4 is 0 Å². The molecule has 3 atom stereocenters. The molecule has 0 amide bonds. The summed E-state index contributed by atoms with van der Waals surface area (Å²) in [5, 5.41) is 0. The molecule has 0 saturated carbocycles. The molecule has 0 spiro atoms. The third-order valence-electron chi connectivity index (χ3n) is 3.05. The van der Waals surface area contributed by atoms with E-state index in [-0.39, 0.29) is 0 Å². The van der Waals surface area contributed by atoms with Crippen molar-refractivity contribution in [2.24, 2.45) is 0 Å². The lowest BCUT2D eigenvalue weighted by atomic mass is 10.2. The molecule has 2 aliphatic rings. The van der Waals surface area contributed by atoms with Crippen LogP contribution in [-0.4, -0.2) is 75.0 Å². The van der Waals surface area contributed by atoms with Crippen LogP contribution in [0.25, 0.3) is 0 Å². The fourth-order valence-corrected chi connectivity index (χ4v) is 2.43. The van der Waals surface area contributed by atoms with Crippen molar-refractivity contribution in [2.75, 3.05) is 46.9 Å². The number of morpholine rings is 2. The summed E-state index contributed by atoms with van der Waals surface area (Å²) in [5.74, 6) is 0. The molecule has 3 unspecified atom stereocenters. The van der Waals surface area contributed by atoms with Crippen molar-refractivity contribution in [3.63, 3.8) is 0 Å². The van der Waals surface area contributed by atoms with Gasteiger partial charge < -0.3 is 19.3 Å². The standard InChI is InChI=1S/C7H15NO.C6H13NO.3C2H6/c1-6-4-8(3)5-7(2)9-6;1-6-5-7(2)3-4-8-6;3*1-2/h6-7H,4-5H2,1-3H3;6H,3-5H2,1-2H3;3*1-2H3. The van der Waals surface area contributed by atoms with Crippen LogP contribution in [0, 0.1) is 0 Å². The lowest BCUT2D eigenvalue weighted by Gasteiger charge is -2.32. The minimum atomic E-state index is 0.416. The Labute approximate surface area is 147 Å². The molecule has 144 valence electrons. The van der Waals surface area contributed by atoms with E-state index in [1.807, 2.05) is 41.5 Å². The largest absolute Gasteiger partial charge is 0.376 e. The first kappa shape index (κ1) is 27.7. The second-order valence-electron chi connectivity index (χ2n) is 5.42. The average molecular weight is 335 g/mol. The highest BCUT2D eigenvalue weighted by molar-refractivity contribution is 4.69. The summed E-state index contributed by atoms with van der Waals surface area (Å²) >= 11 is 0. The van der Waals surface area contributed by atoms with E-state index in [0.717, 1.165) is 32.8 Å². The number of hydrogen-bond acceptors (Lipinski definition) is 4. The smallest absolute Gasteiger partial charge is 0.0678 e. The number of likely N-dealkylation sites (N-methyl/N-ethyl adjacent to an activating group) is 2. The van der Waals surface area contributed by atoms with E-state index in [2.05, 4.69) is 44.7 Å². The quantitative estimate of drug-likeness (QED) is 0.665.